The molecule has 0 spiro atoms. The highest BCUT2D eigenvalue weighted by Crippen LogP contribution is 2.47. The second-order valence-corrected chi connectivity index (χ2v) is 6.24. The van der Waals surface area contributed by atoms with E-state index in [0.29, 0.717) is 17.0 Å². The average molecular weight is 345 g/mol. The SMILES string of the molecule is CC(=O)O[C@@H]1Cc2ccccc2[C@]1(OC(C)=O)c1cccc(Cl)c1. The maximum Gasteiger partial charge on any atom is 0.304 e. The van der Waals surface area contributed by atoms with Crippen molar-refractivity contribution in [2.24, 2.45) is 0 Å². The molecule has 0 unspecified atom stereocenters. The Bertz CT molecular complexity index is 801. The number of carbonyl (C=O) groups excluding carboxylic acids is 2. The molecule has 1 aliphatic rings. The summed E-state index contributed by atoms with van der Waals surface area (Å²) in [5.74, 6) is -0.879. The minimum atomic E-state index is -1.20. The van der Waals surface area contributed by atoms with Gasteiger partial charge in [-0.2, -0.15) is 0 Å². The van der Waals surface area contributed by atoms with Crippen LogP contribution in [0, 0.1) is 0 Å². The first kappa shape index (κ1) is 16.5. The largest absolute Gasteiger partial charge is 0.457 e. The van der Waals surface area contributed by atoms with Crippen LogP contribution in [0.4, 0.5) is 0 Å². The third kappa shape index (κ3) is 2.78. The van der Waals surface area contributed by atoms with Crippen LogP contribution in [0.2, 0.25) is 5.02 Å². The molecule has 4 nitrogen and oxygen atoms in total. The quantitative estimate of drug-likeness (QED) is 0.798. The van der Waals surface area contributed by atoms with E-state index in [0.717, 1.165) is 11.1 Å². The molecule has 2 aromatic rings. The van der Waals surface area contributed by atoms with E-state index in [1.807, 2.05) is 30.3 Å². The van der Waals surface area contributed by atoms with E-state index in [2.05, 4.69) is 0 Å². The van der Waals surface area contributed by atoms with Crippen molar-refractivity contribution >= 4 is 23.5 Å². The monoisotopic (exact) mass is 344 g/mol. The van der Waals surface area contributed by atoms with Gasteiger partial charge in [-0.15, -0.1) is 0 Å². The van der Waals surface area contributed by atoms with Gasteiger partial charge in [0.15, 0.2) is 11.7 Å². The van der Waals surface area contributed by atoms with Crippen LogP contribution in [-0.4, -0.2) is 18.0 Å². The highest BCUT2D eigenvalue weighted by atomic mass is 35.5. The van der Waals surface area contributed by atoms with Gasteiger partial charge in [-0.3, -0.25) is 9.59 Å². The fourth-order valence-electron chi connectivity index (χ4n) is 3.37. The van der Waals surface area contributed by atoms with Crippen LogP contribution in [0.3, 0.4) is 0 Å². The first-order valence-electron chi connectivity index (χ1n) is 7.64. The Morgan fingerprint density at radius 1 is 1.08 bits per heavy atom. The predicted octanol–water partition coefficient (Wildman–Crippen LogP) is 3.63. The number of ether oxygens (including phenoxy) is 2. The fourth-order valence-corrected chi connectivity index (χ4v) is 3.56. The molecule has 0 heterocycles. The first-order valence-corrected chi connectivity index (χ1v) is 8.02. The second-order valence-electron chi connectivity index (χ2n) is 5.80. The molecule has 0 fully saturated rings. The van der Waals surface area contributed by atoms with Crippen molar-refractivity contribution in [3.63, 3.8) is 0 Å². The molecule has 124 valence electrons. The molecular formula is C19H17ClO4. The van der Waals surface area contributed by atoms with Gasteiger partial charge < -0.3 is 9.47 Å². The maximum absolute atomic E-state index is 11.9. The molecule has 5 heteroatoms. The predicted molar refractivity (Wildman–Crippen MR) is 89.7 cm³/mol. The molecule has 0 aliphatic heterocycles. The number of hydrogen-bond donors (Lipinski definition) is 0. The number of hydrogen-bond acceptors (Lipinski definition) is 4. The van der Waals surface area contributed by atoms with Gasteiger partial charge in [-0.1, -0.05) is 48.0 Å². The summed E-state index contributed by atoms with van der Waals surface area (Å²) in [6.45, 7) is 2.69. The third-order valence-electron chi connectivity index (χ3n) is 4.14. The zero-order valence-corrected chi connectivity index (χ0v) is 14.2. The summed E-state index contributed by atoms with van der Waals surface area (Å²) in [5, 5.41) is 0.519. The first-order chi connectivity index (χ1) is 11.4. The van der Waals surface area contributed by atoms with E-state index < -0.39 is 23.6 Å². The summed E-state index contributed by atoms with van der Waals surface area (Å²) in [7, 11) is 0. The number of rotatable bonds is 3. The lowest BCUT2D eigenvalue weighted by Gasteiger charge is -2.35. The molecular weight excluding hydrogens is 328 g/mol. The molecule has 3 rings (SSSR count). The van der Waals surface area contributed by atoms with Crippen LogP contribution < -0.4 is 0 Å². The number of carbonyl (C=O) groups is 2. The van der Waals surface area contributed by atoms with Crippen molar-refractivity contribution in [3.05, 3.63) is 70.2 Å². The average Bonchev–Trinajstić information content (AvgIpc) is 2.81. The van der Waals surface area contributed by atoms with Crippen molar-refractivity contribution in [1.82, 2.24) is 0 Å². The van der Waals surface area contributed by atoms with Crippen molar-refractivity contribution < 1.29 is 19.1 Å². The highest BCUT2D eigenvalue weighted by molar-refractivity contribution is 6.30. The Balaban J connectivity index is 2.26. The van der Waals surface area contributed by atoms with Crippen LogP contribution in [0.15, 0.2) is 48.5 Å². The minimum Gasteiger partial charge on any atom is -0.457 e. The lowest BCUT2D eigenvalue weighted by molar-refractivity contribution is -0.176. The minimum absolute atomic E-state index is 0.425. The van der Waals surface area contributed by atoms with Crippen LogP contribution in [0.1, 0.15) is 30.5 Å². The Hall–Kier alpha value is -2.33. The van der Waals surface area contributed by atoms with Gasteiger partial charge >= 0.3 is 11.9 Å². The van der Waals surface area contributed by atoms with E-state index in [9.17, 15) is 9.59 Å². The highest BCUT2D eigenvalue weighted by Gasteiger charge is 2.53. The van der Waals surface area contributed by atoms with Crippen molar-refractivity contribution in [1.29, 1.82) is 0 Å². The molecule has 0 radical (unpaired) electrons. The molecule has 1 aliphatic carbocycles. The Kier molecular flexibility index (Phi) is 4.33. The smallest absolute Gasteiger partial charge is 0.304 e. The molecule has 0 aromatic heterocycles. The standard InChI is InChI=1S/C19H17ClO4/c1-12(21)23-18-10-14-6-3-4-9-17(14)19(18,24-13(2)22)15-7-5-8-16(20)11-15/h3-9,11,18H,10H2,1-2H3/t18-,19-/m1/s1. The summed E-state index contributed by atoms with van der Waals surface area (Å²) in [4.78, 5) is 23.5. The van der Waals surface area contributed by atoms with E-state index in [1.54, 1.807) is 18.2 Å². The summed E-state index contributed by atoms with van der Waals surface area (Å²) in [5.41, 5.74) is 1.28. The normalized spacial score (nSPS) is 21.9. The molecule has 2 aromatic carbocycles. The number of esters is 2. The zero-order chi connectivity index (χ0) is 17.3. The van der Waals surface area contributed by atoms with Gasteiger partial charge in [-0.25, -0.2) is 0 Å². The number of benzene rings is 2. The summed E-state index contributed by atoms with van der Waals surface area (Å²) in [6, 6.07) is 14.7. The molecule has 0 saturated heterocycles. The topological polar surface area (TPSA) is 52.6 Å². The van der Waals surface area contributed by atoms with Crippen LogP contribution in [0.25, 0.3) is 0 Å². The van der Waals surface area contributed by atoms with E-state index in [1.165, 1.54) is 13.8 Å². The Morgan fingerprint density at radius 3 is 2.50 bits per heavy atom. The van der Waals surface area contributed by atoms with Gasteiger partial charge in [0, 0.05) is 36.4 Å². The lowest BCUT2D eigenvalue weighted by Crippen LogP contribution is -2.43. The molecule has 0 amide bonds. The molecule has 2 atom stereocenters. The number of fused-ring (bicyclic) bond motifs is 1. The van der Waals surface area contributed by atoms with Gasteiger partial charge in [0.1, 0.15) is 0 Å². The van der Waals surface area contributed by atoms with Crippen LogP contribution in [-0.2, 0) is 31.1 Å². The van der Waals surface area contributed by atoms with Crippen molar-refractivity contribution in [3.8, 4) is 0 Å². The Morgan fingerprint density at radius 2 is 1.83 bits per heavy atom. The molecule has 0 N–H and O–H groups in total. The van der Waals surface area contributed by atoms with Crippen LogP contribution >= 0.6 is 11.6 Å². The molecule has 0 saturated carbocycles. The van der Waals surface area contributed by atoms with Gasteiger partial charge in [0.05, 0.1) is 0 Å². The lowest BCUT2D eigenvalue weighted by atomic mass is 9.85. The second kappa shape index (κ2) is 6.29. The maximum atomic E-state index is 11.9. The summed E-state index contributed by atoms with van der Waals surface area (Å²) < 4.78 is 11.4. The van der Waals surface area contributed by atoms with E-state index in [-0.39, 0.29) is 0 Å². The summed E-state index contributed by atoms with van der Waals surface area (Å²) >= 11 is 6.15. The zero-order valence-electron chi connectivity index (χ0n) is 13.4. The summed E-state index contributed by atoms with van der Waals surface area (Å²) in [6.07, 6.45) is -0.176. The molecule has 24 heavy (non-hydrogen) atoms. The number of halogens is 1. The van der Waals surface area contributed by atoms with Crippen molar-refractivity contribution in [2.75, 3.05) is 0 Å². The van der Waals surface area contributed by atoms with E-state index >= 15 is 0 Å². The fraction of sp³-hybridized carbons (Fsp3) is 0.263. The molecule has 0 bridgehead atoms. The van der Waals surface area contributed by atoms with Gasteiger partial charge in [0.25, 0.3) is 0 Å². The van der Waals surface area contributed by atoms with Crippen LogP contribution in [0.5, 0.6) is 0 Å². The van der Waals surface area contributed by atoms with Gasteiger partial charge in [0.2, 0.25) is 0 Å². The third-order valence-corrected chi connectivity index (χ3v) is 4.38. The van der Waals surface area contributed by atoms with E-state index in [4.69, 9.17) is 21.1 Å². The van der Waals surface area contributed by atoms with Gasteiger partial charge in [-0.05, 0) is 17.7 Å². The van der Waals surface area contributed by atoms with Crippen molar-refractivity contribution in [2.45, 2.75) is 32.0 Å². The Labute approximate surface area is 145 Å².